The molecule has 2 aromatic rings. The van der Waals surface area contributed by atoms with E-state index in [1.807, 2.05) is 18.2 Å². The van der Waals surface area contributed by atoms with E-state index in [-0.39, 0.29) is 17.5 Å². The van der Waals surface area contributed by atoms with E-state index >= 15 is 0 Å². The Morgan fingerprint density at radius 3 is 2.86 bits per heavy atom. The fourth-order valence-corrected chi connectivity index (χ4v) is 2.56. The molecule has 3 rings (SSSR count). The van der Waals surface area contributed by atoms with E-state index in [2.05, 4.69) is 10.4 Å². The molecule has 0 saturated carbocycles. The number of benzene rings is 1. The second-order valence-electron chi connectivity index (χ2n) is 5.02. The molecular formula is C15H17N3O3. The van der Waals surface area contributed by atoms with Gasteiger partial charge in [0.2, 0.25) is 0 Å². The van der Waals surface area contributed by atoms with E-state index in [0.29, 0.717) is 5.75 Å². The molecule has 1 aliphatic heterocycles. The standard InChI is InChI=1S/C15H17N3O3/c19-15(20)14-13(21-12-6-2-1-3-7-12)10-17-18(14)11-5-4-8-16-9-11/h1-3,6-7,10-11,16H,4-5,8-9H2,(H,19,20). The van der Waals surface area contributed by atoms with Gasteiger partial charge in [0.15, 0.2) is 11.4 Å². The summed E-state index contributed by atoms with van der Waals surface area (Å²) in [6.45, 7) is 1.69. The molecule has 2 N–H and O–H groups in total. The minimum absolute atomic E-state index is 0.0537. The molecule has 0 bridgehead atoms. The molecule has 0 aliphatic carbocycles. The van der Waals surface area contributed by atoms with E-state index in [1.54, 1.807) is 16.8 Å². The number of carbonyl (C=O) groups is 1. The molecule has 0 radical (unpaired) electrons. The van der Waals surface area contributed by atoms with Crippen molar-refractivity contribution in [1.82, 2.24) is 15.1 Å². The van der Waals surface area contributed by atoms with Crippen LogP contribution in [0, 0.1) is 0 Å². The Labute approximate surface area is 122 Å². The molecule has 6 heteroatoms. The van der Waals surface area contributed by atoms with E-state index in [0.717, 1.165) is 25.9 Å². The van der Waals surface area contributed by atoms with Crippen molar-refractivity contribution in [3.8, 4) is 11.5 Å². The van der Waals surface area contributed by atoms with Gasteiger partial charge >= 0.3 is 5.97 Å². The molecule has 1 saturated heterocycles. The van der Waals surface area contributed by atoms with Crippen molar-refractivity contribution in [3.63, 3.8) is 0 Å². The number of aromatic carboxylic acids is 1. The summed E-state index contributed by atoms with van der Waals surface area (Å²) in [6.07, 6.45) is 3.41. The lowest BCUT2D eigenvalue weighted by molar-refractivity contribution is 0.0675. The fourth-order valence-electron chi connectivity index (χ4n) is 2.56. The number of aromatic nitrogens is 2. The van der Waals surface area contributed by atoms with Crippen LogP contribution in [0.1, 0.15) is 29.4 Å². The maximum absolute atomic E-state index is 11.6. The molecule has 1 aliphatic rings. The van der Waals surface area contributed by atoms with Crippen LogP contribution < -0.4 is 10.1 Å². The van der Waals surface area contributed by atoms with Crippen LogP contribution in [0.25, 0.3) is 0 Å². The average Bonchev–Trinajstić information content (AvgIpc) is 2.93. The number of para-hydroxylation sites is 1. The molecule has 21 heavy (non-hydrogen) atoms. The van der Waals surface area contributed by atoms with Gasteiger partial charge in [0.25, 0.3) is 0 Å². The highest BCUT2D eigenvalue weighted by molar-refractivity contribution is 5.89. The zero-order valence-electron chi connectivity index (χ0n) is 11.5. The van der Waals surface area contributed by atoms with Crippen molar-refractivity contribution in [2.75, 3.05) is 13.1 Å². The third-order valence-electron chi connectivity index (χ3n) is 3.55. The Morgan fingerprint density at radius 2 is 2.19 bits per heavy atom. The average molecular weight is 287 g/mol. The number of ether oxygens (including phenoxy) is 1. The van der Waals surface area contributed by atoms with E-state index < -0.39 is 5.97 Å². The number of hydrogen-bond acceptors (Lipinski definition) is 4. The minimum atomic E-state index is -1.02. The Balaban J connectivity index is 1.90. The lowest BCUT2D eigenvalue weighted by Gasteiger charge is -2.24. The third kappa shape index (κ3) is 2.90. The van der Waals surface area contributed by atoms with E-state index in [4.69, 9.17) is 4.74 Å². The zero-order chi connectivity index (χ0) is 14.7. The number of rotatable bonds is 4. The van der Waals surface area contributed by atoms with Gasteiger partial charge in [-0.15, -0.1) is 0 Å². The van der Waals surface area contributed by atoms with E-state index in [9.17, 15) is 9.90 Å². The summed E-state index contributed by atoms with van der Waals surface area (Å²) in [5.41, 5.74) is 0.104. The van der Waals surface area contributed by atoms with Gasteiger partial charge in [0.05, 0.1) is 12.2 Å². The molecule has 1 aromatic heterocycles. The topological polar surface area (TPSA) is 76.4 Å². The predicted molar refractivity (Wildman–Crippen MR) is 76.8 cm³/mol. The van der Waals surface area contributed by atoms with Crippen LogP contribution in [0.2, 0.25) is 0 Å². The van der Waals surface area contributed by atoms with Gasteiger partial charge in [-0.2, -0.15) is 5.10 Å². The summed E-state index contributed by atoms with van der Waals surface area (Å²) in [5, 5.41) is 17.0. The SMILES string of the molecule is O=C(O)c1c(Oc2ccccc2)cnn1C1CCCNC1. The van der Waals surface area contributed by atoms with Crippen LogP contribution in [0.5, 0.6) is 11.5 Å². The smallest absolute Gasteiger partial charge is 0.358 e. The minimum Gasteiger partial charge on any atom is -0.476 e. The summed E-state index contributed by atoms with van der Waals surface area (Å²) in [7, 11) is 0. The van der Waals surface area contributed by atoms with Gasteiger partial charge < -0.3 is 15.2 Å². The highest BCUT2D eigenvalue weighted by Crippen LogP contribution is 2.28. The largest absolute Gasteiger partial charge is 0.476 e. The Kier molecular flexibility index (Phi) is 3.87. The predicted octanol–water partition coefficient (Wildman–Crippen LogP) is 2.30. The second-order valence-corrected chi connectivity index (χ2v) is 5.02. The lowest BCUT2D eigenvalue weighted by atomic mass is 10.1. The molecule has 0 amide bonds. The first-order valence-corrected chi connectivity index (χ1v) is 7.00. The molecule has 6 nitrogen and oxygen atoms in total. The van der Waals surface area contributed by atoms with Crippen molar-refractivity contribution >= 4 is 5.97 Å². The number of carboxylic acids is 1. The summed E-state index contributed by atoms with van der Waals surface area (Å²) in [5.74, 6) is -0.149. The molecule has 1 atom stereocenters. The summed E-state index contributed by atoms with van der Waals surface area (Å²) in [4.78, 5) is 11.6. The summed E-state index contributed by atoms with van der Waals surface area (Å²) >= 11 is 0. The third-order valence-corrected chi connectivity index (χ3v) is 3.55. The van der Waals surface area contributed by atoms with Gasteiger partial charge in [-0.3, -0.25) is 4.68 Å². The molecule has 0 spiro atoms. The first-order chi connectivity index (χ1) is 10.3. The van der Waals surface area contributed by atoms with Crippen molar-refractivity contribution < 1.29 is 14.6 Å². The maximum Gasteiger partial charge on any atom is 0.358 e. The van der Waals surface area contributed by atoms with Crippen molar-refractivity contribution in [2.24, 2.45) is 0 Å². The fraction of sp³-hybridized carbons (Fsp3) is 0.333. The summed E-state index contributed by atoms with van der Waals surface area (Å²) in [6, 6.07) is 9.17. The van der Waals surface area contributed by atoms with Crippen LogP contribution in [0.4, 0.5) is 0 Å². The number of nitrogens with one attached hydrogen (secondary N) is 1. The van der Waals surface area contributed by atoms with Gasteiger partial charge in [-0.05, 0) is 31.5 Å². The van der Waals surface area contributed by atoms with Crippen molar-refractivity contribution in [3.05, 3.63) is 42.2 Å². The summed E-state index contributed by atoms with van der Waals surface area (Å²) < 4.78 is 7.22. The van der Waals surface area contributed by atoms with Crippen LogP contribution in [0.3, 0.4) is 0 Å². The van der Waals surface area contributed by atoms with Gasteiger partial charge in [0, 0.05) is 6.54 Å². The van der Waals surface area contributed by atoms with Crippen LogP contribution in [0.15, 0.2) is 36.5 Å². The van der Waals surface area contributed by atoms with Gasteiger partial charge in [0.1, 0.15) is 5.75 Å². The molecule has 1 fully saturated rings. The number of piperidine rings is 1. The molecule has 2 heterocycles. The van der Waals surface area contributed by atoms with Crippen molar-refractivity contribution in [2.45, 2.75) is 18.9 Å². The number of carboxylic acid groups (broad SMARTS) is 1. The lowest BCUT2D eigenvalue weighted by Crippen LogP contribution is -2.33. The monoisotopic (exact) mass is 287 g/mol. The van der Waals surface area contributed by atoms with Crippen molar-refractivity contribution in [1.29, 1.82) is 0 Å². The van der Waals surface area contributed by atoms with Gasteiger partial charge in [-0.1, -0.05) is 18.2 Å². The second kappa shape index (κ2) is 5.97. The highest BCUT2D eigenvalue weighted by atomic mass is 16.5. The normalized spacial score (nSPS) is 18.4. The maximum atomic E-state index is 11.6. The van der Waals surface area contributed by atoms with Crippen LogP contribution in [-0.2, 0) is 0 Å². The molecule has 110 valence electrons. The highest BCUT2D eigenvalue weighted by Gasteiger charge is 2.26. The Hall–Kier alpha value is -2.34. The molecule has 1 unspecified atom stereocenters. The molecular weight excluding hydrogens is 270 g/mol. The number of nitrogens with zero attached hydrogens (tertiary/aromatic N) is 2. The van der Waals surface area contributed by atoms with E-state index in [1.165, 1.54) is 6.20 Å². The first-order valence-electron chi connectivity index (χ1n) is 7.00. The quantitative estimate of drug-likeness (QED) is 0.902. The van der Waals surface area contributed by atoms with Crippen LogP contribution in [-0.4, -0.2) is 33.9 Å². The zero-order valence-corrected chi connectivity index (χ0v) is 11.5. The first kappa shape index (κ1) is 13.6. The van der Waals surface area contributed by atoms with Crippen LogP contribution >= 0.6 is 0 Å². The van der Waals surface area contributed by atoms with Gasteiger partial charge in [-0.25, -0.2) is 4.79 Å². The Bertz CT molecular complexity index is 618. The Morgan fingerprint density at radius 1 is 1.38 bits per heavy atom. The molecule has 1 aromatic carbocycles. The number of hydrogen-bond donors (Lipinski definition) is 2.